The minimum absolute atomic E-state index is 0.0560. The summed E-state index contributed by atoms with van der Waals surface area (Å²) in [6.45, 7) is 4.79. The third kappa shape index (κ3) is 2.70. The maximum Gasteiger partial charge on any atom is 0.311 e. The van der Waals surface area contributed by atoms with Crippen LogP contribution in [-0.4, -0.2) is 45.7 Å². The van der Waals surface area contributed by atoms with Crippen LogP contribution in [0.15, 0.2) is 24.7 Å². The van der Waals surface area contributed by atoms with Gasteiger partial charge in [0.2, 0.25) is 0 Å². The highest BCUT2D eigenvalue weighted by atomic mass is 16.5. The van der Waals surface area contributed by atoms with Gasteiger partial charge in [-0.05, 0) is 50.0 Å². The molecule has 0 saturated carbocycles. The van der Waals surface area contributed by atoms with Gasteiger partial charge in [0.25, 0.3) is 0 Å². The number of carbonyl (C=O) groups excluding carboxylic acids is 1. The molecule has 0 atom stereocenters. The van der Waals surface area contributed by atoms with Crippen LogP contribution in [-0.2, 0) is 16.1 Å². The van der Waals surface area contributed by atoms with E-state index >= 15 is 0 Å². The molecule has 6 heteroatoms. The van der Waals surface area contributed by atoms with Crippen LogP contribution in [0, 0.1) is 5.41 Å². The van der Waals surface area contributed by atoms with E-state index in [1.165, 1.54) is 12.7 Å². The molecule has 0 spiro atoms. The highest BCUT2D eigenvalue weighted by Gasteiger charge is 2.40. The first-order valence-electron chi connectivity index (χ1n) is 7.76. The quantitative estimate of drug-likeness (QED) is 0.807. The van der Waals surface area contributed by atoms with Crippen LogP contribution in [0.1, 0.15) is 31.7 Å². The van der Waals surface area contributed by atoms with Crippen molar-refractivity contribution in [2.24, 2.45) is 5.41 Å². The molecule has 0 aliphatic carbocycles. The number of esters is 1. The highest BCUT2D eigenvalue weighted by molar-refractivity contribution is 5.76. The second kappa shape index (κ2) is 6.04. The number of aromatic nitrogens is 3. The number of ether oxygens (including phenoxy) is 1. The van der Waals surface area contributed by atoms with E-state index in [1.807, 2.05) is 6.20 Å². The first-order chi connectivity index (χ1) is 10.7. The second-order valence-electron chi connectivity index (χ2n) is 6.00. The third-order valence-electron chi connectivity index (χ3n) is 4.86. The van der Waals surface area contributed by atoms with Crippen LogP contribution in [0.25, 0.3) is 5.65 Å². The first kappa shape index (κ1) is 15.0. The lowest BCUT2D eigenvalue weighted by molar-refractivity contribution is -0.156. The number of hydrogen-bond donors (Lipinski definition) is 0. The Hall–Kier alpha value is -1.95. The topological polar surface area (TPSA) is 59.7 Å². The molecule has 2 aromatic heterocycles. The average molecular weight is 302 g/mol. The fraction of sp³-hybridized carbons (Fsp3) is 0.562. The zero-order valence-electron chi connectivity index (χ0n) is 13.2. The van der Waals surface area contributed by atoms with Crippen molar-refractivity contribution in [1.29, 1.82) is 0 Å². The van der Waals surface area contributed by atoms with E-state index in [1.54, 1.807) is 10.8 Å². The maximum atomic E-state index is 12.0. The van der Waals surface area contributed by atoms with Crippen LogP contribution in [0.2, 0.25) is 0 Å². The zero-order valence-corrected chi connectivity index (χ0v) is 13.2. The molecule has 3 heterocycles. The number of rotatable bonds is 4. The molecule has 0 amide bonds. The van der Waals surface area contributed by atoms with Gasteiger partial charge < -0.3 is 4.74 Å². The molecule has 1 aliphatic heterocycles. The molecule has 0 radical (unpaired) electrons. The number of likely N-dealkylation sites (tertiary alicyclic amines) is 1. The summed E-state index contributed by atoms with van der Waals surface area (Å²) in [5.74, 6) is -0.0560. The normalized spacial score (nSPS) is 18.5. The van der Waals surface area contributed by atoms with Gasteiger partial charge in [-0.3, -0.25) is 9.69 Å². The first-order valence-corrected chi connectivity index (χ1v) is 7.76. The van der Waals surface area contributed by atoms with Gasteiger partial charge in [0.1, 0.15) is 6.33 Å². The van der Waals surface area contributed by atoms with Gasteiger partial charge in [-0.25, -0.2) is 9.50 Å². The zero-order chi connectivity index (χ0) is 15.6. The standard InChI is InChI=1S/C16H22N4O2/c1-3-16(15(21)22-2)5-8-19(9-6-16)11-13-4-7-20-14(10-13)17-12-18-20/h4,7,10,12H,3,5-6,8-9,11H2,1-2H3. The van der Waals surface area contributed by atoms with Crippen molar-refractivity contribution in [3.63, 3.8) is 0 Å². The maximum absolute atomic E-state index is 12.0. The fourth-order valence-electron chi connectivity index (χ4n) is 3.27. The summed E-state index contributed by atoms with van der Waals surface area (Å²) in [7, 11) is 1.49. The van der Waals surface area contributed by atoms with Crippen LogP contribution in [0.5, 0.6) is 0 Å². The molecule has 0 aromatic carbocycles. The largest absolute Gasteiger partial charge is 0.469 e. The van der Waals surface area contributed by atoms with Crippen molar-refractivity contribution >= 4 is 11.6 Å². The third-order valence-corrected chi connectivity index (χ3v) is 4.86. The predicted molar refractivity (Wildman–Crippen MR) is 82.2 cm³/mol. The molecule has 1 aliphatic rings. The summed E-state index contributed by atoms with van der Waals surface area (Å²) in [6, 6.07) is 4.14. The minimum atomic E-state index is -0.289. The Morgan fingerprint density at radius 1 is 1.41 bits per heavy atom. The van der Waals surface area contributed by atoms with Gasteiger partial charge in [0.05, 0.1) is 12.5 Å². The Kier molecular flexibility index (Phi) is 4.11. The van der Waals surface area contributed by atoms with E-state index in [4.69, 9.17) is 4.74 Å². The molecular weight excluding hydrogens is 280 g/mol. The van der Waals surface area contributed by atoms with E-state index in [0.717, 1.165) is 44.5 Å². The lowest BCUT2D eigenvalue weighted by Crippen LogP contribution is -2.44. The van der Waals surface area contributed by atoms with Crippen molar-refractivity contribution in [2.45, 2.75) is 32.7 Å². The van der Waals surface area contributed by atoms with Crippen molar-refractivity contribution in [2.75, 3.05) is 20.2 Å². The van der Waals surface area contributed by atoms with Crippen molar-refractivity contribution in [1.82, 2.24) is 19.5 Å². The molecule has 3 rings (SSSR count). The van der Waals surface area contributed by atoms with Crippen molar-refractivity contribution in [3.8, 4) is 0 Å². The van der Waals surface area contributed by atoms with Gasteiger partial charge in [-0.1, -0.05) is 6.92 Å². The Morgan fingerprint density at radius 2 is 2.18 bits per heavy atom. The molecule has 2 aromatic rings. The molecule has 1 saturated heterocycles. The lowest BCUT2D eigenvalue weighted by Gasteiger charge is -2.39. The highest BCUT2D eigenvalue weighted by Crippen LogP contribution is 2.36. The van der Waals surface area contributed by atoms with E-state index in [0.29, 0.717) is 0 Å². The van der Waals surface area contributed by atoms with Crippen LogP contribution < -0.4 is 0 Å². The summed E-state index contributed by atoms with van der Waals surface area (Å²) in [5.41, 5.74) is 1.80. The number of pyridine rings is 1. The molecule has 6 nitrogen and oxygen atoms in total. The van der Waals surface area contributed by atoms with E-state index in [-0.39, 0.29) is 11.4 Å². The number of hydrogen-bond acceptors (Lipinski definition) is 5. The monoisotopic (exact) mass is 302 g/mol. The van der Waals surface area contributed by atoms with Gasteiger partial charge in [-0.2, -0.15) is 5.10 Å². The lowest BCUT2D eigenvalue weighted by atomic mass is 9.76. The molecule has 1 fully saturated rings. The Labute approximate surface area is 130 Å². The molecule has 0 unspecified atom stereocenters. The summed E-state index contributed by atoms with van der Waals surface area (Å²) in [6.07, 6.45) is 6.07. The fourth-order valence-corrected chi connectivity index (χ4v) is 3.27. The number of nitrogens with zero attached hydrogens (tertiary/aromatic N) is 4. The summed E-state index contributed by atoms with van der Waals surface area (Å²) in [4.78, 5) is 18.6. The minimum Gasteiger partial charge on any atom is -0.469 e. The number of methoxy groups -OCH3 is 1. The number of carbonyl (C=O) groups is 1. The molecule has 22 heavy (non-hydrogen) atoms. The van der Waals surface area contributed by atoms with Crippen molar-refractivity contribution in [3.05, 3.63) is 30.2 Å². The molecule has 0 N–H and O–H groups in total. The summed E-state index contributed by atoms with van der Waals surface area (Å²) < 4.78 is 6.76. The predicted octanol–water partition coefficient (Wildman–Crippen LogP) is 1.89. The Balaban J connectivity index is 1.65. The van der Waals surface area contributed by atoms with Crippen LogP contribution in [0.3, 0.4) is 0 Å². The van der Waals surface area contributed by atoms with Gasteiger partial charge in [0, 0.05) is 12.7 Å². The molecular formula is C16H22N4O2. The smallest absolute Gasteiger partial charge is 0.311 e. The summed E-state index contributed by atoms with van der Waals surface area (Å²) in [5, 5.41) is 4.11. The second-order valence-corrected chi connectivity index (χ2v) is 6.00. The number of fused-ring (bicyclic) bond motifs is 1. The van der Waals surface area contributed by atoms with Gasteiger partial charge >= 0.3 is 5.97 Å². The van der Waals surface area contributed by atoms with Crippen LogP contribution in [0.4, 0.5) is 0 Å². The van der Waals surface area contributed by atoms with Gasteiger partial charge in [-0.15, -0.1) is 0 Å². The Morgan fingerprint density at radius 3 is 2.86 bits per heavy atom. The van der Waals surface area contributed by atoms with E-state index < -0.39 is 0 Å². The number of piperidine rings is 1. The van der Waals surface area contributed by atoms with E-state index in [9.17, 15) is 4.79 Å². The SMILES string of the molecule is CCC1(C(=O)OC)CCN(Cc2ccn3ncnc3c2)CC1. The van der Waals surface area contributed by atoms with E-state index in [2.05, 4.69) is 34.0 Å². The Bertz CT molecular complexity index is 659. The molecule has 118 valence electrons. The average Bonchev–Trinajstić information content (AvgIpc) is 3.02. The van der Waals surface area contributed by atoms with Crippen molar-refractivity contribution < 1.29 is 9.53 Å². The van der Waals surface area contributed by atoms with Gasteiger partial charge in [0.15, 0.2) is 5.65 Å². The van der Waals surface area contributed by atoms with Crippen LogP contribution >= 0.6 is 0 Å². The summed E-state index contributed by atoms with van der Waals surface area (Å²) >= 11 is 0. The molecule has 0 bridgehead atoms.